The maximum atomic E-state index is 11.4. The van der Waals surface area contributed by atoms with E-state index >= 15 is 0 Å². The van der Waals surface area contributed by atoms with Crippen LogP contribution >= 0.6 is 11.6 Å². The van der Waals surface area contributed by atoms with Crippen LogP contribution in [0.3, 0.4) is 0 Å². The SMILES string of the molecule is CC(C)(C)OC(=O)NCCOCCOCCOCCOc1cc(Cl)ncn1. The summed E-state index contributed by atoms with van der Waals surface area (Å²) in [5.74, 6) is 0.410. The van der Waals surface area contributed by atoms with Crippen molar-refractivity contribution in [2.45, 2.75) is 26.4 Å². The fraction of sp³-hybridized carbons (Fsp3) is 0.706. The van der Waals surface area contributed by atoms with Gasteiger partial charge in [0.05, 0.1) is 39.6 Å². The van der Waals surface area contributed by atoms with Crippen molar-refractivity contribution in [3.05, 3.63) is 17.5 Å². The molecule has 0 spiro atoms. The fourth-order valence-electron chi connectivity index (χ4n) is 1.68. The zero-order valence-electron chi connectivity index (χ0n) is 16.0. The molecule has 0 bridgehead atoms. The smallest absolute Gasteiger partial charge is 0.407 e. The second-order valence-corrected chi connectivity index (χ2v) is 6.68. The van der Waals surface area contributed by atoms with E-state index in [4.69, 9.17) is 35.3 Å². The Morgan fingerprint density at radius 3 is 2.19 bits per heavy atom. The molecule has 0 atom stereocenters. The summed E-state index contributed by atoms with van der Waals surface area (Å²) in [4.78, 5) is 19.1. The highest BCUT2D eigenvalue weighted by molar-refractivity contribution is 6.29. The third-order valence-electron chi connectivity index (χ3n) is 2.74. The summed E-state index contributed by atoms with van der Waals surface area (Å²) in [7, 11) is 0. The lowest BCUT2D eigenvalue weighted by Crippen LogP contribution is -2.34. The highest BCUT2D eigenvalue weighted by Gasteiger charge is 2.15. The lowest BCUT2D eigenvalue weighted by Gasteiger charge is -2.19. The second kappa shape index (κ2) is 13.5. The van der Waals surface area contributed by atoms with Crippen LogP contribution in [0.1, 0.15) is 20.8 Å². The van der Waals surface area contributed by atoms with Crippen molar-refractivity contribution in [1.29, 1.82) is 0 Å². The number of amides is 1. The van der Waals surface area contributed by atoms with Crippen LogP contribution in [0.15, 0.2) is 12.4 Å². The van der Waals surface area contributed by atoms with Gasteiger partial charge in [-0.25, -0.2) is 14.8 Å². The minimum Gasteiger partial charge on any atom is -0.475 e. The summed E-state index contributed by atoms with van der Waals surface area (Å²) < 4.78 is 26.5. The van der Waals surface area contributed by atoms with Crippen LogP contribution in [0.5, 0.6) is 5.88 Å². The summed E-state index contributed by atoms with van der Waals surface area (Å²) in [6, 6.07) is 1.54. The van der Waals surface area contributed by atoms with Crippen LogP contribution in [-0.4, -0.2) is 74.5 Å². The molecule has 0 radical (unpaired) electrons. The Balaban J connectivity index is 1.82. The fourth-order valence-corrected chi connectivity index (χ4v) is 1.82. The van der Waals surface area contributed by atoms with Crippen molar-refractivity contribution in [3.8, 4) is 5.88 Å². The van der Waals surface area contributed by atoms with E-state index in [9.17, 15) is 4.79 Å². The molecule has 0 aliphatic heterocycles. The van der Waals surface area contributed by atoms with Crippen LogP contribution in [0.25, 0.3) is 0 Å². The van der Waals surface area contributed by atoms with Gasteiger partial charge in [0.1, 0.15) is 23.7 Å². The lowest BCUT2D eigenvalue weighted by atomic mass is 10.2. The summed E-state index contributed by atoms with van der Waals surface area (Å²) in [6.07, 6.45) is 0.883. The van der Waals surface area contributed by atoms with Crippen LogP contribution in [0, 0.1) is 0 Å². The summed E-state index contributed by atoms with van der Waals surface area (Å²) in [5.41, 5.74) is -0.503. The highest BCUT2D eigenvalue weighted by Crippen LogP contribution is 2.10. The molecule has 27 heavy (non-hydrogen) atoms. The van der Waals surface area contributed by atoms with Crippen molar-refractivity contribution >= 4 is 17.7 Å². The number of nitrogens with zero attached hydrogens (tertiary/aromatic N) is 2. The molecule has 1 heterocycles. The Kier molecular flexibility index (Phi) is 11.7. The molecule has 0 aliphatic rings. The number of ether oxygens (including phenoxy) is 5. The van der Waals surface area contributed by atoms with E-state index < -0.39 is 11.7 Å². The number of aromatic nitrogens is 2. The molecule has 10 heteroatoms. The minimum absolute atomic E-state index is 0.331. The Morgan fingerprint density at radius 1 is 1.00 bits per heavy atom. The number of halogens is 1. The Labute approximate surface area is 164 Å². The van der Waals surface area contributed by atoms with Crippen molar-refractivity contribution in [1.82, 2.24) is 15.3 Å². The summed E-state index contributed by atoms with van der Waals surface area (Å²) in [5, 5.41) is 2.94. The van der Waals surface area contributed by atoms with E-state index in [1.54, 1.807) is 0 Å². The number of carbonyl (C=O) groups excluding carboxylic acids is 1. The number of carbonyl (C=O) groups is 1. The third kappa shape index (κ3) is 14.1. The Morgan fingerprint density at radius 2 is 1.59 bits per heavy atom. The molecule has 1 amide bonds. The van der Waals surface area contributed by atoms with Crippen molar-refractivity contribution in [2.24, 2.45) is 0 Å². The second-order valence-electron chi connectivity index (χ2n) is 6.29. The molecule has 0 aromatic carbocycles. The zero-order chi connectivity index (χ0) is 20.0. The predicted molar refractivity (Wildman–Crippen MR) is 99.2 cm³/mol. The van der Waals surface area contributed by atoms with Crippen LogP contribution in [0.4, 0.5) is 4.79 Å². The van der Waals surface area contributed by atoms with E-state index in [1.807, 2.05) is 20.8 Å². The van der Waals surface area contributed by atoms with Gasteiger partial charge in [-0.15, -0.1) is 0 Å². The van der Waals surface area contributed by atoms with Gasteiger partial charge in [-0.05, 0) is 20.8 Å². The molecule has 1 aromatic heterocycles. The number of hydrogen-bond donors (Lipinski definition) is 1. The maximum Gasteiger partial charge on any atom is 0.407 e. The largest absolute Gasteiger partial charge is 0.475 e. The highest BCUT2D eigenvalue weighted by atomic mass is 35.5. The number of alkyl carbamates (subject to hydrolysis) is 1. The van der Waals surface area contributed by atoms with Gasteiger partial charge >= 0.3 is 6.09 Å². The summed E-state index contributed by atoms with van der Waals surface area (Å²) in [6.45, 7) is 8.78. The van der Waals surface area contributed by atoms with E-state index in [0.717, 1.165) is 0 Å². The van der Waals surface area contributed by atoms with Crippen LogP contribution in [-0.2, 0) is 18.9 Å². The van der Waals surface area contributed by atoms with Crippen LogP contribution in [0.2, 0.25) is 5.15 Å². The molecule has 0 saturated heterocycles. The maximum absolute atomic E-state index is 11.4. The molecular formula is C17H28ClN3O6. The molecule has 0 fully saturated rings. The standard InChI is InChI=1S/C17H28ClN3O6/c1-17(2,3)27-16(22)19-4-5-23-6-7-24-8-9-25-10-11-26-15-12-14(18)20-13-21-15/h12-13H,4-11H2,1-3H3,(H,19,22). The zero-order valence-corrected chi connectivity index (χ0v) is 16.8. The first-order chi connectivity index (χ1) is 12.9. The van der Waals surface area contributed by atoms with E-state index in [2.05, 4.69) is 15.3 Å². The van der Waals surface area contributed by atoms with Crippen LogP contribution < -0.4 is 10.1 Å². The van der Waals surface area contributed by atoms with Gasteiger partial charge < -0.3 is 29.0 Å². The first-order valence-corrected chi connectivity index (χ1v) is 9.05. The third-order valence-corrected chi connectivity index (χ3v) is 2.95. The Bertz CT molecular complexity index is 542. The van der Waals surface area contributed by atoms with E-state index in [0.29, 0.717) is 63.8 Å². The molecule has 1 rings (SSSR count). The topological polar surface area (TPSA) is 101 Å². The van der Waals surface area contributed by atoms with Gasteiger partial charge in [0, 0.05) is 12.6 Å². The number of nitrogens with one attached hydrogen (secondary N) is 1. The molecule has 0 aliphatic carbocycles. The van der Waals surface area contributed by atoms with Gasteiger partial charge in [-0.1, -0.05) is 11.6 Å². The van der Waals surface area contributed by atoms with Gasteiger partial charge in [0.25, 0.3) is 0 Å². The molecule has 0 unspecified atom stereocenters. The van der Waals surface area contributed by atoms with Crippen molar-refractivity contribution < 1.29 is 28.5 Å². The average molecular weight is 406 g/mol. The van der Waals surface area contributed by atoms with Gasteiger partial charge in [0.15, 0.2) is 0 Å². The van der Waals surface area contributed by atoms with E-state index in [1.165, 1.54) is 12.4 Å². The first kappa shape index (κ1) is 23.4. The van der Waals surface area contributed by atoms with Gasteiger partial charge in [-0.2, -0.15) is 0 Å². The summed E-state index contributed by atoms with van der Waals surface area (Å²) >= 11 is 5.72. The number of rotatable bonds is 13. The Hall–Kier alpha value is -1.68. The lowest BCUT2D eigenvalue weighted by molar-refractivity contribution is 0.00881. The molecule has 9 nitrogen and oxygen atoms in total. The van der Waals surface area contributed by atoms with Gasteiger partial charge in [0.2, 0.25) is 5.88 Å². The normalized spacial score (nSPS) is 11.3. The van der Waals surface area contributed by atoms with E-state index in [-0.39, 0.29) is 0 Å². The molecular weight excluding hydrogens is 378 g/mol. The molecule has 0 saturated carbocycles. The number of hydrogen-bond acceptors (Lipinski definition) is 8. The van der Waals surface area contributed by atoms with Gasteiger partial charge in [-0.3, -0.25) is 0 Å². The molecule has 1 N–H and O–H groups in total. The predicted octanol–water partition coefficient (Wildman–Crippen LogP) is 2.08. The average Bonchev–Trinajstić information content (AvgIpc) is 2.57. The van der Waals surface area contributed by atoms with Crippen molar-refractivity contribution in [3.63, 3.8) is 0 Å². The first-order valence-electron chi connectivity index (χ1n) is 8.67. The quantitative estimate of drug-likeness (QED) is 0.393. The van der Waals surface area contributed by atoms with Crippen molar-refractivity contribution in [2.75, 3.05) is 52.8 Å². The molecule has 154 valence electrons. The minimum atomic E-state index is -0.503. The monoisotopic (exact) mass is 405 g/mol. The molecule has 1 aromatic rings.